The van der Waals surface area contributed by atoms with Crippen molar-refractivity contribution in [3.63, 3.8) is 0 Å². The summed E-state index contributed by atoms with van der Waals surface area (Å²) in [5.74, 6) is 0.300. The lowest BCUT2D eigenvalue weighted by Crippen LogP contribution is -2.54. The van der Waals surface area contributed by atoms with Crippen LogP contribution in [0, 0.1) is 0 Å². The number of nitrogens with zero attached hydrogens (tertiary/aromatic N) is 2. The van der Waals surface area contributed by atoms with Gasteiger partial charge in [0.1, 0.15) is 0 Å². The molecule has 0 bridgehead atoms. The van der Waals surface area contributed by atoms with E-state index in [0.717, 1.165) is 39.0 Å². The zero-order chi connectivity index (χ0) is 9.26. The highest BCUT2D eigenvalue weighted by Gasteiger charge is 2.32. The monoisotopic (exact) mass is 183 g/mol. The molecule has 1 N–H and O–H groups in total. The molecule has 4 heteroatoms. The van der Waals surface area contributed by atoms with E-state index in [4.69, 9.17) is 0 Å². The highest BCUT2D eigenvalue weighted by atomic mass is 16.2. The van der Waals surface area contributed by atoms with Gasteiger partial charge in [-0.3, -0.25) is 9.80 Å². The van der Waals surface area contributed by atoms with Gasteiger partial charge in [0.25, 0.3) is 0 Å². The molecule has 0 aromatic carbocycles. The van der Waals surface area contributed by atoms with Crippen LogP contribution in [0.4, 0.5) is 0 Å². The van der Waals surface area contributed by atoms with E-state index in [9.17, 15) is 4.79 Å². The van der Waals surface area contributed by atoms with E-state index in [0.29, 0.717) is 11.9 Å². The van der Waals surface area contributed by atoms with Gasteiger partial charge in [-0.15, -0.1) is 0 Å². The van der Waals surface area contributed by atoms with Gasteiger partial charge < -0.3 is 5.32 Å². The van der Waals surface area contributed by atoms with Gasteiger partial charge in [0.05, 0.1) is 0 Å². The quantitative estimate of drug-likeness (QED) is 0.612. The molecule has 1 atom stereocenters. The Hall–Kier alpha value is -0.610. The molecule has 0 aromatic rings. The Bertz CT molecular complexity index is 201. The van der Waals surface area contributed by atoms with Gasteiger partial charge in [-0.2, -0.15) is 0 Å². The van der Waals surface area contributed by atoms with Crippen molar-refractivity contribution in [2.75, 3.05) is 26.2 Å². The molecule has 74 valence electrons. The Morgan fingerprint density at radius 3 is 2.62 bits per heavy atom. The predicted molar refractivity (Wildman–Crippen MR) is 50.0 cm³/mol. The zero-order valence-corrected chi connectivity index (χ0v) is 8.12. The zero-order valence-electron chi connectivity index (χ0n) is 8.12. The molecule has 2 fully saturated rings. The number of piperazine rings is 1. The van der Waals surface area contributed by atoms with Gasteiger partial charge >= 0.3 is 0 Å². The van der Waals surface area contributed by atoms with Crippen molar-refractivity contribution in [2.45, 2.75) is 25.8 Å². The lowest BCUT2D eigenvalue weighted by Gasteiger charge is -2.37. The Labute approximate surface area is 78.8 Å². The van der Waals surface area contributed by atoms with Crippen LogP contribution in [0.15, 0.2) is 0 Å². The normalized spacial score (nSPS) is 31.3. The number of carbonyl (C=O) groups excluding carboxylic acids is 1. The maximum atomic E-state index is 11.5. The Morgan fingerprint density at radius 2 is 2.08 bits per heavy atom. The summed E-state index contributed by atoms with van der Waals surface area (Å²) in [6.45, 7) is 6.06. The van der Waals surface area contributed by atoms with Crippen LogP contribution in [0.3, 0.4) is 0 Å². The van der Waals surface area contributed by atoms with E-state index in [1.54, 1.807) is 0 Å². The number of hydrogen-bond donors (Lipinski definition) is 1. The van der Waals surface area contributed by atoms with Gasteiger partial charge in [0, 0.05) is 38.6 Å². The van der Waals surface area contributed by atoms with Crippen molar-refractivity contribution in [1.29, 1.82) is 0 Å². The first-order valence-electron chi connectivity index (χ1n) is 5.06. The number of amides is 1. The van der Waals surface area contributed by atoms with Crippen LogP contribution in [0.25, 0.3) is 0 Å². The molecule has 2 aliphatic rings. The molecule has 2 rings (SSSR count). The van der Waals surface area contributed by atoms with Crippen molar-refractivity contribution in [1.82, 2.24) is 15.3 Å². The number of hydrazine groups is 1. The molecule has 0 aliphatic carbocycles. The Balaban J connectivity index is 2.00. The third kappa shape index (κ3) is 1.69. The molecule has 0 saturated carbocycles. The van der Waals surface area contributed by atoms with Gasteiger partial charge in [-0.25, -0.2) is 5.01 Å². The first-order chi connectivity index (χ1) is 6.29. The highest BCUT2D eigenvalue weighted by Crippen LogP contribution is 2.20. The molecule has 0 spiro atoms. The van der Waals surface area contributed by atoms with Crippen LogP contribution in [-0.4, -0.2) is 48.1 Å². The molecule has 0 aromatic heterocycles. The summed E-state index contributed by atoms with van der Waals surface area (Å²) in [4.78, 5) is 11.5. The molecule has 2 heterocycles. The van der Waals surface area contributed by atoms with E-state index < -0.39 is 0 Å². The van der Waals surface area contributed by atoms with Crippen LogP contribution >= 0.6 is 0 Å². The largest absolute Gasteiger partial charge is 0.314 e. The second-order valence-corrected chi connectivity index (χ2v) is 3.83. The van der Waals surface area contributed by atoms with E-state index in [1.165, 1.54) is 0 Å². The molecular weight excluding hydrogens is 166 g/mol. The van der Waals surface area contributed by atoms with Crippen LogP contribution in [0.5, 0.6) is 0 Å². The van der Waals surface area contributed by atoms with Crippen molar-refractivity contribution >= 4 is 5.91 Å². The molecule has 13 heavy (non-hydrogen) atoms. The summed E-state index contributed by atoms with van der Waals surface area (Å²) in [6, 6.07) is 0.408. The first kappa shape index (κ1) is 8.97. The summed E-state index contributed by atoms with van der Waals surface area (Å²) in [7, 11) is 0. The summed E-state index contributed by atoms with van der Waals surface area (Å²) >= 11 is 0. The second kappa shape index (κ2) is 3.64. The van der Waals surface area contributed by atoms with Gasteiger partial charge in [-0.05, 0) is 13.3 Å². The predicted octanol–water partition coefficient (Wildman–Crippen LogP) is -0.182. The highest BCUT2D eigenvalue weighted by molar-refractivity contribution is 5.78. The van der Waals surface area contributed by atoms with E-state index in [1.807, 2.05) is 5.01 Å². The fraction of sp³-hybridized carbons (Fsp3) is 0.889. The topological polar surface area (TPSA) is 35.6 Å². The molecule has 4 nitrogen and oxygen atoms in total. The molecule has 1 amide bonds. The van der Waals surface area contributed by atoms with Crippen molar-refractivity contribution in [3.05, 3.63) is 0 Å². The minimum Gasteiger partial charge on any atom is -0.314 e. The SMILES string of the molecule is CC1CCC(=O)N1N1CCNCC1. The van der Waals surface area contributed by atoms with Crippen molar-refractivity contribution in [3.8, 4) is 0 Å². The van der Waals surface area contributed by atoms with Crippen LogP contribution in [-0.2, 0) is 4.79 Å². The van der Waals surface area contributed by atoms with E-state index in [-0.39, 0.29) is 0 Å². The molecule has 2 saturated heterocycles. The standard InChI is InChI=1S/C9H17N3O/c1-8-2-3-9(13)12(8)11-6-4-10-5-7-11/h8,10H,2-7H2,1H3. The average molecular weight is 183 g/mol. The minimum atomic E-state index is 0.300. The minimum absolute atomic E-state index is 0.300. The van der Waals surface area contributed by atoms with Gasteiger partial charge in [0.2, 0.25) is 5.91 Å². The molecule has 2 aliphatic heterocycles. The van der Waals surface area contributed by atoms with Crippen LogP contribution < -0.4 is 5.32 Å². The fourth-order valence-corrected chi connectivity index (χ4v) is 2.12. The summed E-state index contributed by atoms with van der Waals surface area (Å²) in [5, 5.41) is 7.44. The Kier molecular flexibility index (Phi) is 2.51. The summed E-state index contributed by atoms with van der Waals surface area (Å²) in [6.07, 6.45) is 1.74. The lowest BCUT2D eigenvalue weighted by atomic mass is 10.2. The number of hydrogen-bond acceptors (Lipinski definition) is 3. The lowest BCUT2D eigenvalue weighted by molar-refractivity contribution is -0.148. The number of carbonyl (C=O) groups is 1. The van der Waals surface area contributed by atoms with E-state index >= 15 is 0 Å². The maximum absolute atomic E-state index is 11.5. The van der Waals surface area contributed by atoms with Crippen molar-refractivity contribution < 1.29 is 4.79 Å². The van der Waals surface area contributed by atoms with Crippen LogP contribution in [0.2, 0.25) is 0 Å². The average Bonchev–Trinajstić information content (AvgIpc) is 2.48. The maximum Gasteiger partial charge on any atom is 0.237 e. The van der Waals surface area contributed by atoms with Gasteiger partial charge in [-0.1, -0.05) is 0 Å². The molecule has 1 unspecified atom stereocenters. The summed E-state index contributed by atoms with van der Waals surface area (Å²) in [5.41, 5.74) is 0. The van der Waals surface area contributed by atoms with Gasteiger partial charge in [0.15, 0.2) is 0 Å². The number of rotatable bonds is 1. The van der Waals surface area contributed by atoms with Crippen LogP contribution in [0.1, 0.15) is 19.8 Å². The number of nitrogens with one attached hydrogen (secondary N) is 1. The Morgan fingerprint density at radius 1 is 1.38 bits per heavy atom. The fourth-order valence-electron chi connectivity index (χ4n) is 2.12. The van der Waals surface area contributed by atoms with E-state index in [2.05, 4.69) is 17.2 Å². The molecule has 0 radical (unpaired) electrons. The summed E-state index contributed by atoms with van der Waals surface area (Å²) < 4.78 is 0. The second-order valence-electron chi connectivity index (χ2n) is 3.83. The van der Waals surface area contributed by atoms with Crippen molar-refractivity contribution in [2.24, 2.45) is 0 Å². The molecular formula is C9H17N3O. The smallest absolute Gasteiger partial charge is 0.237 e. The first-order valence-corrected chi connectivity index (χ1v) is 5.06. The third-order valence-electron chi connectivity index (χ3n) is 2.85. The third-order valence-corrected chi connectivity index (χ3v) is 2.85.